The van der Waals surface area contributed by atoms with Crippen LogP contribution in [-0.2, 0) is 11.2 Å². The van der Waals surface area contributed by atoms with Gasteiger partial charge in [-0.2, -0.15) is 0 Å². The van der Waals surface area contributed by atoms with Crippen molar-refractivity contribution >= 4 is 5.91 Å². The number of amides is 1. The monoisotopic (exact) mass is 313 g/mol. The fourth-order valence-corrected chi connectivity index (χ4v) is 4.49. The van der Waals surface area contributed by atoms with Gasteiger partial charge in [0, 0.05) is 18.5 Å². The van der Waals surface area contributed by atoms with Crippen molar-refractivity contribution in [2.45, 2.75) is 69.9 Å². The van der Waals surface area contributed by atoms with Gasteiger partial charge < -0.3 is 4.90 Å². The molecule has 122 valence electrons. The van der Waals surface area contributed by atoms with Crippen LogP contribution in [-0.4, -0.2) is 22.9 Å². The molecule has 1 aromatic carbocycles. The Morgan fingerprint density at radius 2 is 1.78 bits per heavy atom. The number of benzene rings is 1. The molecule has 0 spiro atoms. The maximum atomic E-state index is 13.7. The number of nitrogens with zero attached hydrogens (tertiary/aromatic N) is 1. The molecule has 2 nitrogen and oxygen atoms in total. The molecule has 2 atom stereocenters. The first kappa shape index (κ1) is 14.9. The Balaban J connectivity index is 1.41. The number of hydrogen-bond donors (Lipinski definition) is 0. The minimum absolute atomic E-state index is 0.195. The number of aryl methyl sites for hydroxylation is 1. The second-order valence-corrected chi connectivity index (χ2v) is 7.25. The van der Waals surface area contributed by atoms with E-state index >= 15 is 0 Å². The van der Waals surface area contributed by atoms with Crippen molar-refractivity contribution in [3.8, 4) is 0 Å². The molecular formula is C20H24FNO. The number of halogens is 1. The second kappa shape index (κ2) is 6.10. The summed E-state index contributed by atoms with van der Waals surface area (Å²) in [6.45, 7) is 0. The third-order valence-electron chi connectivity index (χ3n) is 5.90. The fraction of sp³-hybridized carbons (Fsp3) is 0.550. The van der Waals surface area contributed by atoms with Gasteiger partial charge in [-0.25, -0.2) is 4.39 Å². The van der Waals surface area contributed by atoms with Crippen LogP contribution in [0, 0.1) is 5.82 Å². The summed E-state index contributed by atoms with van der Waals surface area (Å²) in [5, 5.41) is 0. The molecular weight excluding hydrogens is 289 g/mol. The van der Waals surface area contributed by atoms with Gasteiger partial charge in [-0.1, -0.05) is 29.3 Å². The molecule has 4 rings (SSSR count). The smallest absolute Gasteiger partial charge is 0.223 e. The minimum Gasteiger partial charge on any atom is -0.336 e. The maximum Gasteiger partial charge on any atom is 0.223 e. The predicted octanol–water partition coefficient (Wildman–Crippen LogP) is 4.39. The van der Waals surface area contributed by atoms with E-state index < -0.39 is 0 Å². The number of rotatable bonds is 3. The first-order chi connectivity index (χ1) is 11.2. The summed E-state index contributed by atoms with van der Waals surface area (Å²) in [6.07, 6.45) is 9.34. The van der Waals surface area contributed by atoms with Crippen molar-refractivity contribution in [2.24, 2.45) is 0 Å². The number of piperidine rings is 1. The highest BCUT2D eigenvalue weighted by Crippen LogP contribution is 2.43. The summed E-state index contributed by atoms with van der Waals surface area (Å²) < 4.78 is 13.7. The van der Waals surface area contributed by atoms with Gasteiger partial charge in [-0.15, -0.1) is 0 Å². The highest BCUT2D eigenvalue weighted by Gasteiger charge is 2.41. The highest BCUT2D eigenvalue weighted by molar-refractivity contribution is 5.78. The van der Waals surface area contributed by atoms with Gasteiger partial charge >= 0.3 is 0 Å². The third-order valence-corrected chi connectivity index (χ3v) is 5.90. The molecule has 0 N–H and O–H groups in total. The van der Waals surface area contributed by atoms with Crippen LogP contribution in [0.2, 0.25) is 0 Å². The molecule has 1 amide bonds. The molecule has 1 aliphatic carbocycles. The molecule has 3 heteroatoms. The summed E-state index contributed by atoms with van der Waals surface area (Å²) in [4.78, 5) is 14.8. The zero-order valence-corrected chi connectivity index (χ0v) is 13.6. The Hall–Kier alpha value is -1.64. The van der Waals surface area contributed by atoms with Gasteiger partial charge in [-0.3, -0.25) is 4.79 Å². The Morgan fingerprint density at radius 3 is 2.39 bits per heavy atom. The van der Waals surface area contributed by atoms with Crippen molar-refractivity contribution in [3.63, 3.8) is 0 Å². The first-order valence-electron chi connectivity index (χ1n) is 8.96. The normalized spacial score (nSPS) is 26.4. The Morgan fingerprint density at radius 1 is 1.09 bits per heavy atom. The number of allylic oxidation sites excluding steroid dienone is 1. The van der Waals surface area contributed by atoms with Crippen LogP contribution in [0.1, 0.15) is 56.9 Å². The summed E-state index contributed by atoms with van der Waals surface area (Å²) in [6, 6.07) is 7.61. The molecule has 2 heterocycles. The molecule has 3 aliphatic rings. The molecule has 0 aromatic heterocycles. The molecule has 2 bridgehead atoms. The minimum atomic E-state index is -0.195. The molecule has 2 aliphatic heterocycles. The van der Waals surface area contributed by atoms with Crippen molar-refractivity contribution in [1.29, 1.82) is 0 Å². The summed E-state index contributed by atoms with van der Waals surface area (Å²) in [7, 11) is 0. The van der Waals surface area contributed by atoms with Gasteiger partial charge in [0.05, 0.1) is 0 Å². The Labute approximate surface area is 137 Å². The number of carbonyl (C=O) groups excluding carboxylic acids is 1. The standard InChI is InChI=1S/C20H24FNO/c21-19-7-2-1-4-15(19)8-11-20(23)22-17-9-10-18(22)13-16(12-17)14-5-3-6-14/h1-2,4,7,17-18H,3,5-6,8-13H2. The predicted molar refractivity (Wildman–Crippen MR) is 88.5 cm³/mol. The van der Waals surface area contributed by atoms with Gasteiger partial charge in [0.25, 0.3) is 0 Å². The second-order valence-electron chi connectivity index (χ2n) is 7.25. The zero-order valence-electron chi connectivity index (χ0n) is 13.6. The quantitative estimate of drug-likeness (QED) is 0.758. The molecule has 0 radical (unpaired) electrons. The van der Waals surface area contributed by atoms with Crippen LogP contribution >= 0.6 is 0 Å². The van der Waals surface area contributed by atoms with Gasteiger partial charge in [0.2, 0.25) is 5.91 Å². The molecule has 23 heavy (non-hydrogen) atoms. The lowest BCUT2D eigenvalue weighted by atomic mass is 9.82. The Kier molecular flexibility index (Phi) is 3.96. The third kappa shape index (κ3) is 2.82. The number of carbonyl (C=O) groups is 1. The number of hydrogen-bond acceptors (Lipinski definition) is 1. The van der Waals surface area contributed by atoms with Gasteiger partial charge in [-0.05, 0) is 63.0 Å². The van der Waals surface area contributed by atoms with Crippen LogP contribution in [0.5, 0.6) is 0 Å². The first-order valence-corrected chi connectivity index (χ1v) is 8.96. The molecule has 2 saturated heterocycles. The van der Waals surface area contributed by atoms with E-state index in [0.29, 0.717) is 30.5 Å². The van der Waals surface area contributed by atoms with E-state index in [4.69, 9.17) is 0 Å². The van der Waals surface area contributed by atoms with Crippen molar-refractivity contribution < 1.29 is 9.18 Å². The summed E-state index contributed by atoms with van der Waals surface area (Å²) >= 11 is 0. The summed E-state index contributed by atoms with van der Waals surface area (Å²) in [5.74, 6) is 0.0253. The molecule has 2 unspecified atom stereocenters. The van der Waals surface area contributed by atoms with Crippen molar-refractivity contribution in [2.75, 3.05) is 0 Å². The summed E-state index contributed by atoms with van der Waals surface area (Å²) in [5.41, 5.74) is 3.99. The maximum absolute atomic E-state index is 13.7. The van der Waals surface area contributed by atoms with Crippen LogP contribution in [0.4, 0.5) is 4.39 Å². The molecule has 1 aromatic rings. The van der Waals surface area contributed by atoms with Gasteiger partial charge in [0.15, 0.2) is 0 Å². The van der Waals surface area contributed by atoms with E-state index in [9.17, 15) is 9.18 Å². The largest absolute Gasteiger partial charge is 0.336 e. The zero-order chi connectivity index (χ0) is 15.8. The van der Waals surface area contributed by atoms with Crippen molar-refractivity contribution in [1.82, 2.24) is 4.90 Å². The van der Waals surface area contributed by atoms with Crippen LogP contribution in [0.3, 0.4) is 0 Å². The lowest BCUT2D eigenvalue weighted by Crippen LogP contribution is -2.45. The lowest BCUT2D eigenvalue weighted by molar-refractivity contribution is -0.134. The van der Waals surface area contributed by atoms with E-state index in [2.05, 4.69) is 4.90 Å². The van der Waals surface area contributed by atoms with Gasteiger partial charge in [0.1, 0.15) is 5.82 Å². The SMILES string of the molecule is O=C(CCc1ccccc1F)N1C2CCC1CC(=C1CCC1)C2. The van der Waals surface area contributed by atoms with Crippen LogP contribution in [0.15, 0.2) is 35.4 Å². The number of fused-ring (bicyclic) bond motifs is 2. The Bertz CT molecular complexity index is 629. The van der Waals surface area contributed by atoms with E-state index in [1.807, 2.05) is 6.07 Å². The topological polar surface area (TPSA) is 20.3 Å². The van der Waals surface area contributed by atoms with E-state index in [1.165, 1.54) is 25.3 Å². The van der Waals surface area contributed by atoms with E-state index in [1.54, 1.807) is 23.3 Å². The van der Waals surface area contributed by atoms with E-state index in [-0.39, 0.29) is 11.7 Å². The average molecular weight is 313 g/mol. The lowest BCUT2D eigenvalue weighted by Gasteiger charge is -2.38. The van der Waals surface area contributed by atoms with Crippen molar-refractivity contribution in [3.05, 3.63) is 46.8 Å². The van der Waals surface area contributed by atoms with Crippen LogP contribution in [0.25, 0.3) is 0 Å². The average Bonchev–Trinajstić information content (AvgIpc) is 2.76. The molecule has 3 fully saturated rings. The fourth-order valence-electron chi connectivity index (χ4n) is 4.49. The highest BCUT2D eigenvalue weighted by atomic mass is 19.1. The molecule has 1 saturated carbocycles. The van der Waals surface area contributed by atoms with E-state index in [0.717, 1.165) is 25.7 Å². The van der Waals surface area contributed by atoms with Crippen LogP contribution < -0.4 is 0 Å².